The van der Waals surface area contributed by atoms with E-state index in [0.29, 0.717) is 6.61 Å². The highest BCUT2D eigenvalue weighted by Gasteiger charge is 2.20. The van der Waals surface area contributed by atoms with Crippen LogP contribution in [0.15, 0.2) is 48.5 Å². The first kappa shape index (κ1) is 19.3. The van der Waals surface area contributed by atoms with Crippen LogP contribution in [-0.4, -0.2) is 55.3 Å². The van der Waals surface area contributed by atoms with Crippen molar-refractivity contribution < 1.29 is 19.0 Å². The van der Waals surface area contributed by atoms with Crippen LogP contribution in [0.4, 0.5) is 0 Å². The van der Waals surface area contributed by atoms with E-state index in [0.717, 1.165) is 55.5 Å². The molecule has 152 valence electrons. The van der Waals surface area contributed by atoms with E-state index in [1.165, 1.54) is 5.56 Å². The number of para-hydroxylation sites is 1. The Labute approximate surface area is 171 Å². The molecule has 29 heavy (non-hydrogen) atoms. The maximum Gasteiger partial charge on any atom is 0.246 e. The van der Waals surface area contributed by atoms with E-state index in [9.17, 15) is 4.79 Å². The van der Waals surface area contributed by atoms with Gasteiger partial charge in [0.25, 0.3) is 0 Å². The molecule has 0 radical (unpaired) electrons. The number of amides is 1. The van der Waals surface area contributed by atoms with Crippen molar-refractivity contribution in [3.63, 3.8) is 0 Å². The van der Waals surface area contributed by atoms with Crippen molar-refractivity contribution in [3.05, 3.63) is 59.7 Å². The number of hydrogen-bond donors (Lipinski definition) is 0. The van der Waals surface area contributed by atoms with Crippen LogP contribution in [0, 0.1) is 0 Å². The zero-order valence-corrected chi connectivity index (χ0v) is 16.7. The molecule has 4 rings (SSSR count). The average Bonchev–Trinajstić information content (AvgIpc) is 3.22. The lowest BCUT2D eigenvalue weighted by molar-refractivity contribution is -0.127. The molecule has 1 saturated heterocycles. The van der Waals surface area contributed by atoms with E-state index in [-0.39, 0.29) is 12.7 Å². The molecule has 0 aromatic heterocycles. The Morgan fingerprint density at radius 2 is 1.86 bits per heavy atom. The number of carbonyl (C=O) groups excluding carboxylic acids is 1. The second-order valence-corrected chi connectivity index (χ2v) is 7.09. The fourth-order valence-corrected chi connectivity index (χ4v) is 3.59. The van der Waals surface area contributed by atoms with Gasteiger partial charge in [0, 0.05) is 44.4 Å². The molecule has 2 aromatic carbocycles. The first-order chi connectivity index (χ1) is 14.2. The molecule has 0 bridgehead atoms. The molecule has 6 nitrogen and oxygen atoms in total. The first-order valence-corrected chi connectivity index (χ1v) is 10.0. The van der Waals surface area contributed by atoms with Crippen molar-refractivity contribution in [2.45, 2.75) is 13.5 Å². The predicted octanol–water partition coefficient (Wildman–Crippen LogP) is 3.17. The molecular formula is C23H26N2O4. The standard InChI is InChI=1S/C23H26N2O4/c1-2-27-20-6-4-3-5-19(20)16-24-11-13-25(14-12-24)23(26)10-8-18-7-9-21-22(15-18)29-17-28-21/h3-10,15H,2,11-14,16-17H2,1H3/b10-8+. The molecule has 1 amide bonds. The summed E-state index contributed by atoms with van der Waals surface area (Å²) in [5, 5.41) is 0. The monoisotopic (exact) mass is 394 g/mol. The minimum Gasteiger partial charge on any atom is -0.494 e. The van der Waals surface area contributed by atoms with Crippen molar-refractivity contribution in [1.29, 1.82) is 0 Å². The number of hydrogen-bond acceptors (Lipinski definition) is 5. The van der Waals surface area contributed by atoms with Crippen LogP contribution in [0.25, 0.3) is 6.08 Å². The summed E-state index contributed by atoms with van der Waals surface area (Å²) >= 11 is 0. The molecule has 0 unspecified atom stereocenters. The highest BCUT2D eigenvalue weighted by molar-refractivity contribution is 5.92. The Kier molecular flexibility index (Phi) is 6.00. The molecule has 2 heterocycles. The van der Waals surface area contributed by atoms with Crippen molar-refractivity contribution in [2.75, 3.05) is 39.6 Å². The lowest BCUT2D eigenvalue weighted by Gasteiger charge is -2.34. The van der Waals surface area contributed by atoms with Gasteiger partial charge in [0.1, 0.15) is 5.75 Å². The highest BCUT2D eigenvalue weighted by Crippen LogP contribution is 2.32. The quantitative estimate of drug-likeness (QED) is 0.705. The van der Waals surface area contributed by atoms with Crippen LogP contribution in [0.3, 0.4) is 0 Å². The Morgan fingerprint density at radius 3 is 2.69 bits per heavy atom. The SMILES string of the molecule is CCOc1ccccc1CN1CCN(C(=O)/C=C/c2ccc3c(c2)OCO3)CC1. The van der Waals surface area contributed by atoms with Crippen LogP contribution in [0.2, 0.25) is 0 Å². The molecular weight excluding hydrogens is 368 g/mol. The lowest BCUT2D eigenvalue weighted by Crippen LogP contribution is -2.47. The Bertz CT molecular complexity index is 888. The fraction of sp³-hybridized carbons (Fsp3) is 0.348. The van der Waals surface area contributed by atoms with Gasteiger partial charge in [-0.1, -0.05) is 24.3 Å². The van der Waals surface area contributed by atoms with Gasteiger partial charge in [-0.3, -0.25) is 9.69 Å². The van der Waals surface area contributed by atoms with E-state index >= 15 is 0 Å². The predicted molar refractivity (Wildman–Crippen MR) is 111 cm³/mol. The van der Waals surface area contributed by atoms with Gasteiger partial charge in [0.2, 0.25) is 12.7 Å². The number of rotatable bonds is 6. The zero-order chi connectivity index (χ0) is 20.1. The molecule has 0 saturated carbocycles. The van der Waals surface area contributed by atoms with Gasteiger partial charge in [-0.25, -0.2) is 0 Å². The number of nitrogens with zero attached hydrogens (tertiary/aromatic N) is 2. The van der Waals surface area contributed by atoms with E-state index in [2.05, 4.69) is 11.0 Å². The van der Waals surface area contributed by atoms with E-state index < -0.39 is 0 Å². The van der Waals surface area contributed by atoms with Crippen LogP contribution in [0.1, 0.15) is 18.1 Å². The Morgan fingerprint density at radius 1 is 1.07 bits per heavy atom. The minimum atomic E-state index is 0.0389. The van der Waals surface area contributed by atoms with Crippen LogP contribution < -0.4 is 14.2 Å². The normalized spacial score (nSPS) is 16.4. The average molecular weight is 394 g/mol. The maximum atomic E-state index is 12.6. The second-order valence-electron chi connectivity index (χ2n) is 7.09. The highest BCUT2D eigenvalue weighted by atomic mass is 16.7. The molecule has 0 atom stereocenters. The Balaban J connectivity index is 1.30. The molecule has 0 spiro atoms. The summed E-state index contributed by atoms with van der Waals surface area (Å²) in [6, 6.07) is 13.8. The van der Waals surface area contributed by atoms with Gasteiger partial charge in [-0.15, -0.1) is 0 Å². The summed E-state index contributed by atoms with van der Waals surface area (Å²) in [5.41, 5.74) is 2.12. The first-order valence-electron chi connectivity index (χ1n) is 10.0. The van der Waals surface area contributed by atoms with Crippen LogP contribution in [-0.2, 0) is 11.3 Å². The smallest absolute Gasteiger partial charge is 0.246 e. The number of piperazine rings is 1. The number of benzene rings is 2. The van der Waals surface area contributed by atoms with Gasteiger partial charge in [-0.2, -0.15) is 0 Å². The van der Waals surface area contributed by atoms with Crippen molar-refractivity contribution in [3.8, 4) is 17.2 Å². The van der Waals surface area contributed by atoms with Gasteiger partial charge < -0.3 is 19.1 Å². The van der Waals surface area contributed by atoms with Gasteiger partial charge in [0.15, 0.2) is 11.5 Å². The third-order valence-corrected chi connectivity index (χ3v) is 5.17. The van der Waals surface area contributed by atoms with Gasteiger partial charge >= 0.3 is 0 Å². The van der Waals surface area contributed by atoms with Gasteiger partial charge in [-0.05, 0) is 36.8 Å². The topological polar surface area (TPSA) is 51.2 Å². The summed E-state index contributed by atoms with van der Waals surface area (Å²) in [6.45, 7) is 6.90. The molecule has 0 N–H and O–H groups in total. The maximum absolute atomic E-state index is 12.6. The largest absolute Gasteiger partial charge is 0.494 e. The number of fused-ring (bicyclic) bond motifs is 1. The molecule has 1 fully saturated rings. The van der Waals surface area contributed by atoms with E-state index in [1.54, 1.807) is 6.08 Å². The molecule has 2 aromatic rings. The summed E-state index contributed by atoms with van der Waals surface area (Å²) in [5.74, 6) is 2.45. The second kappa shape index (κ2) is 9.01. The summed E-state index contributed by atoms with van der Waals surface area (Å²) in [7, 11) is 0. The van der Waals surface area contributed by atoms with E-state index in [4.69, 9.17) is 14.2 Å². The molecule has 2 aliphatic heterocycles. The molecule has 2 aliphatic rings. The van der Waals surface area contributed by atoms with Crippen molar-refractivity contribution >= 4 is 12.0 Å². The van der Waals surface area contributed by atoms with Crippen LogP contribution in [0.5, 0.6) is 17.2 Å². The number of carbonyl (C=O) groups is 1. The third kappa shape index (κ3) is 4.71. The fourth-order valence-electron chi connectivity index (χ4n) is 3.59. The third-order valence-electron chi connectivity index (χ3n) is 5.17. The summed E-state index contributed by atoms with van der Waals surface area (Å²) < 4.78 is 16.4. The number of ether oxygens (including phenoxy) is 3. The van der Waals surface area contributed by atoms with Gasteiger partial charge in [0.05, 0.1) is 6.61 Å². The zero-order valence-electron chi connectivity index (χ0n) is 16.7. The Hall–Kier alpha value is -2.99. The molecule has 0 aliphatic carbocycles. The summed E-state index contributed by atoms with van der Waals surface area (Å²) in [6.07, 6.45) is 3.46. The van der Waals surface area contributed by atoms with Crippen molar-refractivity contribution in [2.24, 2.45) is 0 Å². The summed E-state index contributed by atoms with van der Waals surface area (Å²) in [4.78, 5) is 16.8. The van der Waals surface area contributed by atoms with Crippen LogP contribution >= 0.6 is 0 Å². The minimum absolute atomic E-state index is 0.0389. The molecule has 6 heteroatoms. The lowest BCUT2D eigenvalue weighted by atomic mass is 10.1. The van der Waals surface area contributed by atoms with E-state index in [1.807, 2.05) is 54.3 Å². The van der Waals surface area contributed by atoms with Crippen molar-refractivity contribution in [1.82, 2.24) is 9.80 Å².